The summed E-state index contributed by atoms with van der Waals surface area (Å²) in [6.07, 6.45) is 3.33. The third kappa shape index (κ3) is 1.27. The third-order valence-electron chi connectivity index (χ3n) is 2.83. The number of hydrogen-bond acceptors (Lipinski definition) is 2. The first-order valence-electron chi connectivity index (χ1n) is 5.03. The summed E-state index contributed by atoms with van der Waals surface area (Å²) >= 11 is 0. The minimum atomic E-state index is -0.210. The third-order valence-corrected chi connectivity index (χ3v) is 2.83. The van der Waals surface area contributed by atoms with Crippen molar-refractivity contribution in [3.8, 4) is 0 Å². The minimum Gasteiger partial charge on any atom is -0.351 e. The zero-order valence-corrected chi connectivity index (χ0v) is 8.17. The maximum absolute atomic E-state index is 11.6. The van der Waals surface area contributed by atoms with Gasteiger partial charge in [-0.25, -0.2) is 0 Å². The Balaban J connectivity index is 1.93. The van der Waals surface area contributed by atoms with Gasteiger partial charge in [-0.1, -0.05) is 36.4 Å². The number of rotatable bonds is 1. The Labute approximate surface area is 88.0 Å². The highest BCUT2D eigenvalue weighted by Gasteiger charge is 2.39. The van der Waals surface area contributed by atoms with Crippen LogP contribution in [0, 0.1) is 0 Å². The monoisotopic (exact) mass is 201 g/mol. The van der Waals surface area contributed by atoms with Crippen molar-refractivity contribution in [2.45, 2.75) is 12.3 Å². The molecule has 0 bridgehead atoms. The molecule has 15 heavy (non-hydrogen) atoms. The summed E-state index contributed by atoms with van der Waals surface area (Å²) in [5.41, 5.74) is 1.04. The Morgan fingerprint density at radius 1 is 1.27 bits per heavy atom. The zero-order chi connectivity index (χ0) is 10.3. The average molecular weight is 201 g/mol. The summed E-state index contributed by atoms with van der Waals surface area (Å²) in [4.78, 5) is 13.4. The second-order valence-electron chi connectivity index (χ2n) is 3.77. The van der Waals surface area contributed by atoms with Gasteiger partial charge < -0.3 is 9.64 Å². The molecule has 0 radical (unpaired) electrons. The molecular formula is C12H11NO2. The van der Waals surface area contributed by atoms with Gasteiger partial charge in [0.25, 0.3) is 0 Å². The van der Waals surface area contributed by atoms with Gasteiger partial charge in [-0.15, -0.1) is 0 Å². The van der Waals surface area contributed by atoms with Crippen LogP contribution in [0.25, 0.3) is 0 Å². The van der Waals surface area contributed by atoms with E-state index < -0.39 is 0 Å². The molecule has 3 heteroatoms. The van der Waals surface area contributed by atoms with Gasteiger partial charge in [0.15, 0.2) is 6.23 Å². The molecule has 3 nitrogen and oxygen atoms in total. The maximum atomic E-state index is 11.6. The molecule has 2 heterocycles. The van der Waals surface area contributed by atoms with Gasteiger partial charge in [0.05, 0.1) is 12.6 Å². The Morgan fingerprint density at radius 2 is 2.07 bits per heavy atom. The van der Waals surface area contributed by atoms with Crippen LogP contribution in [0.3, 0.4) is 0 Å². The van der Waals surface area contributed by atoms with Crippen LogP contribution in [0.1, 0.15) is 11.8 Å². The topological polar surface area (TPSA) is 29.5 Å². The van der Waals surface area contributed by atoms with E-state index in [1.807, 2.05) is 36.4 Å². The summed E-state index contributed by atoms with van der Waals surface area (Å²) < 4.78 is 5.63. The lowest BCUT2D eigenvalue weighted by Crippen LogP contribution is -2.31. The van der Waals surface area contributed by atoms with E-state index in [-0.39, 0.29) is 18.2 Å². The molecule has 0 spiro atoms. The predicted octanol–water partition coefficient (Wildman–Crippen LogP) is 1.48. The van der Waals surface area contributed by atoms with E-state index >= 15 is 0 Å². The number of hydrogen-bond donors (Lipinski definition) is 0. The highest BCUT2D eigenvalue weighted by Crippen LogP contribution is 2.33. The fourth-order valence-corrected chi connectivity index (χ4v) is 2.11. The van der Waals surface area contributed by atoms with Gasteiger partial charge in [0.1, 0.15) is 0 Å². The van der Waals surface area contributed by atoms with Crippen LogP contribution in [0.5, 0.6) is 0 Å². The molecule has 1 aromatic carbocycles. The summed E-state index contributed by atoms with van der Waals surface area (Å²) in [7, 11) is 0. The fraction of sp³-hybridized carbons (Fsp3) is 0.250. The minimum absolute atomic E-state index is 0.0475. The SMILES string of the molecule is O=C1C=C[C@H]2CO[C@H](c3ccccc3)N12. The second-order valence-corrected chi connectivity index (χ2v) is 3.77. The standard InChI is InChI=1S/C12H11NO2/c14-11-7-6-10-8-15-12(13(10)11)9-4-2-1-3-5-9/h1-7,10,12H,8H2/t10-,12+/m0/s1. The van der Waals surface area contributed by atoms with Crippen LogP contribution in [0.15, 0.2) is 42.5 Å². The number of carbonyl (C=O) groups is 1. The quantitative estimate of drug-likeness (QED) is 0.688. The number of fused-ring (bicyclic) bond motifs is 1. The van der Waals surface area contributed by atoms with Crippen molar-refractivity contribution in [2.75, 3.05) is 6.61 Å². The van der Waals surface area contributed by atoms with Crippen LogP contribution < -0.4 is 0 Å². The zero-order valence-electron chi connectivity index (χ0n) is 8.17. The highest BCUT2D eigenvalue weighted by molar-refractivity contribution is 5.91. The second kappa shape index (κ2) is 3.21. The first-order chi connectivity index (χ1) is 7.36. The van der Waals surface area contributed by atoms with Gasteiger partial charge in [0, 0.05) is 11.6 Å². The Bertz CT molecular complexity index is 413. The smallest absolute Gasteiger partial charge is 0.249 e. The summed E-state index contributed by atoms with van der Waals surface area (Å²) in [5.74, 6) is 0.0475. The molecule has 0 saturated carbocycles. The van der Waals surface area contributed by atoms with E-state index in [1.165, 1.54) is 0 Å². The summed E-state index contributed by atoms with van der Waals surface area (Å²) in [6, 6.07) is 9.97. The van der Waals surface area contributed by atoms with Crippen LogP contribution in [0.2, 0.25) is 0 Å². The van der Waals surface area contributed by atoms with Crippen LogP contribution >= 0.6 is 0 Å². The predicted molar refractivity (Wildman–Crippen MR) is 54.9 cm³/mol. The number of amides is 1. The molecule has 0 unspecified atom stereocenters. The molecule has 1 amide bonds. The molecule has 2 aliphatic rings. The Hall–Kier alpha value is -1.61. The molecule has 0 N–H and O–H groups in total. The maximum Gasteiger partial charge on any atom is 0.249 e. The number of carbonyl (C=O) groups excluding carboxylic acids is 1. The van der Waals surface area contributed by atoms with Gasteiger partial charge in [0.2, 0.25) is 5.91 Å². The van der Waals surface area contributed by atoms with Crippen molar-refractivity contribution < 1.29 is 9.53 Å². The van der Waals surface area contributed by atoms with Crippen LogP contribution in [-0.4, -0.2) is 23.5 Å². The fourth-order valence-electron chi connectivity index (χ4n) is 2.11. The van der Waals surface area contributed by atoms with Crippen molar-refractivity contribution in [3.05, 3.63) is 48.0 Å². The molecule has 1 aromatic rings. The summed E-state index contributed by atoms with van der Waals surface area (Å²) in [6.45, 7) is 0.599. The lowest BCUT2D eigenvalue weighted by Gasteiger charge is -2.22. The highest BCUT2D eigenvalue weighted by atomic mass is 16.5. The van der Waals surface area contributed by atoms with E-state index in [0.717, 1.165) is 5.56 Å². The van der Waals surface area contributed by atoms with E-state index in [4.69, 9.17) is 4.74 Å². The van der Waals surface area contributed by atoms with Crippen LogP contribution in [-0.2, 0) is 9.53 Å². The summed E-state index contributed by atoms with van der Waals surface area (Å²) in [5, 5.41) is 0. The average Bonchev–Trinajstić information content (AvgIpc) is 2.84. The molecular weight excluding hydrogens is 190 g/mol. The molecule has 0 aromatic heterocycles. The van der Waals surface area contributed by atoms with Crippen molar-refractivity contribution in [3.63, 3.8) is 0 Å². The van der Waals surface area contributed by atoms with Crippen molar-refractivity contribution in [1.29, 1.82) is 0 Å². The number of nitrogens with zero attached hydrogens (tertiary/aromatic N) is 1. The lowest BCUT2D eigenvalue weighted by atomic mass is 10.2. The number of benzene rings is 1. The molecule has 0 aliphatic carbocycles. The molecule has 1 saturated heterocycles. The van der Waals surface area contributed by atoms with E-state index in [0.29, 0.717) is 6.61 Å². The Kier molecular flexibility index (Phi) is 1.86. The van der Waals surface area contributed by atoms with Gasteiger partial charge in [-0.05, 0) is 0 Å². The molecule has 3 rings (SSSR count). The largest absolute Gasteiger partial charge is 0.351 e. The normalized spacial score (nSPS) is 28.5. The molecule has 2 aliphatic heterocycles. The van der Waals surface area contributed by atoms with Gasteiger partial charge in [-0.3, -0.25) is 4.79 Å². The Morgan fingerprint density at radius 3 is 2.87 bits per heavy atom. The van der Waals surface area contributed by atoms with Crippen LogP contribution in [0.4, 0.5) is 0 Å². The first-order valence-corrected chi connectivity index (χ1v) is 5.03. The molecule has 2 atom stereocenters. The van der Waals surface area contributed by atoms with Crippen molar-refractivity contribution >= 4 is 5.91 Å². The van der Waals surface area contributed by atoms with Gasteiger partial charge >= 0.3 is 0 Å². The van der Waals surface area contributed by atoms with E-state index in [1.54, 1.807) is 11.0 Å². The van der Waals surface area contributed by atoms with E-state index in [9.17, 15) is 4.79 Å². The van der Waals surface area contributed by atoms with E-state index in [2.05, 4.69) is 0 Å². The molecule has 1 fully saturated rings. The lowest BCUT2D eigenvalue weighted by molar-refractivity contribution is -0.130. The van der Waals surface area contributed by atoms with Gasteiger partial charge in [-0.2, -0.15) is 0 Å². The number of ether oxygens (including phenoxy) is 1. The molecule has 76 valence electrons. The first kappa shape index (κ1) is 8.68. The van der Waals surface area contributed by atoms with Crippen molar-refractivity contribution in [2.24, 2.45) is 0 Å². The van der Waals surface area contributed by atoms with Crippen molar-refractivity contribution in [1.82, 2.24) is 4.90 Å².